The summed E-state index contributed by atoms with van der Waals surface area (Å²) in [6.45, 7) is 3.33. The van der Waals surface area contributed by atoms with E-state index < -0.39 is 41.8 Å². The Morgan fingerprint density at radius 1 is 1.14 bits per heavy atom. The Morgan fingerprint density at radius 3 is 2.05 bits per heavy atom. The molecule has 0 heterocycles. The number of nitrogens with two attached hydrogens (primary N) is 2. The summed E-state index contributed by atoms with van der Waals surface area (Å²) in [5.74, 6) is -3.78. The summed E-state index contributed by atoms with van der Waals surface area (Å²) in [4.78, 5) is 45.5. The van der Waals surface area contributed by atoms with E-state index in [1.165, 1.54) is 0 Å². The molecule has 3 amide bonds. The number of carboxylic acids is 1. The molecule has 7 N–H and O–H groups in total. The standard InChI is InChI=1S/C12H22N4O5S/c1-5(2)9(11(19)15-7(4-22)12(20)21)16-10(18)6(13)3-8(14)17/h5-7,9,22H,3-4,13H2,1-2H3,(H2,14,17)(H,15,19)(H,16,18)(H,20,21). The van der Waals surface area contributed by atoms with Crippen LogP contribution < -0.4 is 22.1 Å². The number of hydrogen-bond acceptors (Lipinski definition) is 6. The maximum atomic E-state index is 12.1. The molecule has 0 aliphatic heterocycles. The van der Waals surface area contributed by atoms with E-state index in [9.17, 15) is 19.2 Å². The van der Waals surface area contributed by atoms with Crippen LogP contribution in [0.1, 0.15) is 20.3 Å². The van der Waals surface area contributed by atoms with Gasteiger partial charge in [0.25, 0.3) is 0 Å². The Bertz CT molecular complexity index is 443. The fraction of sp³-hybridized carbons (Fsp3) is 0.667. The van der Waals surface area contributed by atoms with Crippen molar-refractivity contribution in [3.8, 4) is 0 Å². The van der Waals surface area contributed by atoms with Crippen molar-refractivity contribution < 1.29 is 24.3 Å². The number of rotatable bonds is 9. The van der Waals surface area contributed by atoms with Gasteiger partial charge in [-0.15, -0.1) is 0 Å². The van der Waals surface area contributed by atoms with Gasteiger partial charge in [-0.05, 0) is 5.92 Å². The van der Waals surface area contributed by atoms with Gasteiger partial charge in [0.2, 0.25) is 17.7 Å². The second-order valence-electron chi connectivity index (χ2n) is 5.09. The lowest BCUT2D eigenvalue weighted by atomic mass is 10.0. The molecule has 0 aliphatic rings. The van der Waals surface area contributed by atoms with Crippen molar-refractivity contribution >= 4 is 36.3 Å². The first-order valence-corrected chi connectivity index (χ1v) is 7.21. The van der Waals surface area contributed by atoms with Crippen LogP contribution in [0.5, 0.6) is 0 Å². The highest BCUT2D eigenvalue weighted by Crippen LogP contribution is 2.04. The molecular formula is C12H22N4O5S. The summed E-state index contributed by atoms with van der Waals surface area (Å²) in [5.41, 5.74) is 10.4. The average molecular weight is 334 g/mol. The second-order valence-corrected chi connectivity index (χ2v) is 5.45. The molecule has 0 fully saturated rings. The minimum atomic E-state index is -1.23. The number of aliphatic carboxylic acids is 1. The number of amides is 3. The number of hydrogen-bond donors (Lipinski definition) is 6. The zero-order valence-electron chi connectivity index (χ0n) is 12.4. The van der Waals surface area contributed by atoms with E-state index in [4.69, 9.17) is 16.6 Å². The summed E-state index contributed by atoms with van der Waals surface area (Å²) < 4.78 is 0. The Balaban J connectivity index is 4.85. The van der Waals surface area contributed by atoms with Crippen molar-refractivity contribution in [1.82, 2.24) is 10.6 Å². The molecule has 3 atom stereocenters. The van der Waals surface area contributed by atoms with Crippen LogP contribution in [0.25, 0.3) is 0 Å². The molecule has 0 aromatic carbocycles. The van der Waals surface area contributed by atoms with Crippen molar-refractivity contribution in [3.05, 3.63) is 0 Å². The molecule has 0 aliphatic carbocycles. The van der Waals surface area contributed by atoms with E-state index in [2.05, 4.69) is 23.3 Å². The third-order valence-electron chi connectivity index (χ3n) is 2.80. The summed E-state index contributed by atoms with van der Waals surface area (Å²) in [7, 11) is 0. The van der Waals surface area contributed by atoms with Gasteiger partial charge in [-0.1, -0.05) is 13.8 Å². The first-order chi connectivity index (χ1) is 10.1. The molecule has 10 heteroatoms. The number of nitrogens with one attached hydrogen (secondary N) is 2. The highest BCUT2D eigenvalue weighted by Gasteiger charge is 2.29. The molecule has 0 saturated heterocycles. The van der Waals surface area contributed by atoms with Crippen molar-refractivity contribution in [2.24, 2.45) is 17.4 Å². The molecule has 9 nitrogen and oxygen atoms in total. The van der Waals surface area contributed by atoms with Gasteiger partial charge in [0.15, 0.2) is 0 Å². The number of carbonyl (C=O) groups excluding carboxylic acids is 3. The van der Waals surface area contributed by atoms with Gasteiger partial charge < -0.3 is 27.2 Å². The van der Waals surface area contributed by atoms with Crippen LogP contribution in [0.15, 0.2) is 0 Å². The van der Waals surface area contributed by atoms with E-state index in [1.54, 1.807) is 13.8 Å². The highest BCUT2D eigenvalue weighted by molar-refractivity contribution is 7.80. The average Bonchev–Trinajstić information content (AvgIpc) is 2.39. The predicted molar refractivity (Wildman–Crippen MR) is 82.0 cm³/mol. The Hall–Kier alpha value is -1.81. The van der Waals surface area contributed by atoms with E-state index in [1.807, 2.05) is 0 Å². The predicted octanol–water partition coefficient (Wildman–Crippen LogP) is -2.17. The van der Waals surface area contributed by atoms with Gasteiger partial charge in [-0.2, -0.15) is 12.6 Å². The minimum Gasteiger partial charge on any atom is -0.480 e. The lowest BCUT2D eigenvalue weighted by Crippen LogP contribution is -2.57. The monoisotopic (exact) mass is 334 g/mol. The lowest BCUT2D eigenvalue weighted by Gasteiger charge is -2.24. The van der Waals surface area contributed by atoms with Crippen LogP contribution in [0.3, 0.4) is 0 Å². The SMILES string of the molecule is CC(C)C(NC(=O)C(N)CC(N)=O)C(=O)NC(CS)C(=O)O. The summed E-state index contributed by atoms with van der Waals surface area (Å²) in [6.07, 6.45) is -0.355. The first kappa shape index (κ1) is 20.2. The summed E-state index contributed by atoms with van der Waals surface area (Å²) >= 11 is 3.84. The molecule has 0 aromatic rings. The highest BCUT2D eigenvalue weighted by atomic mass is 32.1. The number of carboxylic acid groups (broad SMARTS) is 1. The van der Waals surface area contributed by atoms with Crippen LogP contribution >= 0.6 is 12.6 Å². The van der Waals surface area contributed by atoms with Gasteiger partial charge in [-0.25, -0.2) is 4.79 Å². The number of primary amides is 1. The maximum absolute atomic E-state index is 12.1. The molecule has 0 bridgehead atoms. The molecule has 0 radical (unpaired) electrons. The molecule has 0 spiro atoms. The topological polar surface area (TPSA) is 165 Å². The van der Waals surface area contributed by atoms with Crippen molar-refractivity contribution in [2.45, 2.75) is 38.4 Å². The summed E-state index contributed by atoms with van der Waals surface area (Å²) in [6, 6.07) is -3.34. The van der Waals surface area contributed by atoms with E-state index >= 15 is 0 Å². The molecule has 3 unspecified atom stereocenters. The zero-order valence-corrected chi connectivity index (χ0v) is 13.3. The van der Waals surface area contributed by atoms with Crippen LogP contribution in [0, 0.1) is 5.92 Å². The summed E-state index contributed by atoms with van der Waals surface area (Å²) in [5, 5.41) is 13.5. The molecule has 0 rings (SSSR count). The van der Waals surface area contributed by atoms with Crippen molar-refractivity contribution in [1.29, 1.82) is 0 Å². The number of thiol groups is 1. The molecular weight excluding hydrogens is 312 g/mol. The van der Waals surface area contributed by atoms with Gasteiger partial charge >= 0.3 is 5.97 Å². The van der Waals surface area contributed by atoms with E-state index in [0.717, 1.165) is 0 Å². The largest absolute Gasteiger partial charge is 0.480 e. The zero-order chi connectivity index (χ0) is 17.4. The maximum Gasteiger partial charge on any atom is 0.327 e. The second kappa shape index (κ2) is 9.26. The minimum absolute atomic E-state index is 0.0962. The first-order valence-electron chi connectivity index (χ1n) is 6.58. The van der Waals surface area contributed by atoms with Gasteiger partial charge in [0.1, 0.15) is 12.1 Å². The third-order valence-corrected chi connectivity index (χ3v) is 3.17. The Kier molecular flexibility index (Phi) is 8.50. The Labute approximate surface area is 133 Å². The molecule has 22 heavy (non-hydrogen) atoms. The third kappa shape index (κ3) is 6.76. The van der Waals surface area contributed by atoms with Crippen LogP contribution in [-0.4, -0.2) is 52.7 Å². The lowest BCUT2D eigenvalue weighted by molar-refractivity contribution is -0.141. The fourth-order valence-electron chi connectivity index (χ4n) is 1.55. The van der Waals surface area contributed by atoms with Crippen molar-refractivity contribution in [3.63, 3.8) is 0 Å². The van der Waals surface area contributed by atoms with Crippen LogP contribution in [0.2, 0.25) is 0 Å². The Morgan fingerprint density at radius 2 is 1.68 bits per heavy atom. The number of carbonyl (C=O) groups is 4. The smallest absolute Gasteiger partial charge is 0.327 e. The van der Waals surface area contributed by atoms with E-state index in [-0.39, 0.29) is 18.1 Å². The van der Waals surface area contributed by atoms with Gasteiger partial charge in [0.05, 0.1) is 12.5 Å². The van der Waals surface area contributed by atoms with Crippen molar-refractivity contribution in [2.75, 3.05) is 5.75 Å². The molecule has 126 valence electrons. The molecule has 0 aromatic heterocycles. The fourth-order valence-corrected chi connectivity index (χ4v) is 1.80. The van der Waals surface area contributed by atoms with E-state index in [0.29, 0.717) is 0 Å². The quantitative estimate of drug-likeness (QED) is 0.263. The normalized spacial score (nSPS) is 14.8. The van der Waals surface area contributed by atoms with Crippen LogP contribution in [-0.2, 0) is 19.2 Å². The van der Waals surface area contributed by atoms with Gasteiger partial charge in [-0.3, -0.25) is 14.4 Å². The molecule has 0 saturated carbocycles. The van der Waals surface area contributed by atoms with Gasteiger partial charge in [0, 0.05) is 5.75 Å². The van der Waals surface area contributed by atoms with Crippen LogP contribution in [0.4, 0.5) is 0 Å².